The topological polar surface area (TPSA) is 55.1 Å². The van der Waals surface area contributed by atoms with Crippen LogP contribution in [0.4, 0.5) is 5.69 Å². The molecule has 0 aliphatic carbocycles. The van der Waals surface area contributed by atoms with Gasteiger partial charge in [0.2, 0.25) is 5.91 Å². The standard InChI is InChI=1S/C16H11ClN2O2/c17-11-3-5-13-14(7-8-18-15(13)10-11)19-16(20)6-4-12-2-1-9-21-12/h1-10H,(H,18,19,20)/b6-4+. The van der Waals surface area contributed by atoms with Gasteiger partial charge in [-0.25, -0.2) is 0 Å². The molecule has 0 saturated carbocycles. The number of fused-ring (bicyclic) bond motifs is 1. The lowest BCUT2D eigenvalue weighted by Gasteiger charge is -2.06. The Hall–Kier alpha value is -2.59. The van der Waals surface area contributed by atoms with Crippen molar-refractivity contribution in [2.75, 3.05) is 5.32 Å². The van der Waals surface area contributed by atoms with E-state index in [-0.39, 0.29) is 5.91 Å². The molecule has 4 nitrogen and oxygen atoms in total. The molecule has 0 radical (unpaired) electrons. The van der Waals surface area contributed by atoms with Crippen LogP contribution >= 0.6 is 11.6 Å². The van der Waals surface area contributed by atoms with Crippen LogP contribution in [0.2, 0.25) is 5.02 Å². The summed E-state index contributed by atoms with van der Waals surface area (Å²) >= 11 is 5.93. The summed E-state index contributed by atoms with van der Waals surface area (Å²) in [5.41, 5.74) is 1.42. The smallest absolute Gasteiger partial charge is 0.248 e. The molecule has 0 atom stereocenters. The molecule has 2 aromatic heterocycles. The Bertz CT molecular complexity index is 810. The Balaban J connectivity index is 1.83. The molecule has 0 spiro atoms. The third-order valence-electron chi connectivity index (χ3n) is 2.90. The van der Waals surface area contributed by atoms with Crippen molar-refractivity contribution in [3.8, 4) is 0 Å². The number of anilines is 1. The molecular weight excluding hydrogens is 288 g/mol. The Morgan fingerprint density at radius 1 is 1.29 bits per heavy atom. The summed E-state index contributed by atoms with van der Waals surface area (Å²) in [5.74, 6) is 0.380. The molecule has 0 fully saturated rings. The predicted octanol–water partition coefficient (Wildman–Crippen LogP) is 4.13. The van der Waals surface area contributed by atoms with Crippen molar-refractivity contribution >= 4 is 40.2 Å². The number of nitrogens with one attached hydrogen (secondary N) is 1. The van der Waals surface area contributed by atoms with E-state index in [0.29, 0.717) is 16.5 Å². The maximum atomic E-state index is 11.9. The molecule has 0 bridgehead atoms. The van der Waals surface area contributed by atoms with Crippen LogP contribution in [0.1, 0.15) is 5.76 Å². The van der Waals surface area contributed by atoms with Crippen molar-refractivity contribution < 1.29 is 9.21 Å². The van der Waals surface area contributed by atoms with Gasteiger partial charge in [0, 0.05) is 22.7 Å². The van der Waals surface area contributed by atoms with E-state index in [9.17, 15) is 4.79 Å². The zero-order chi connectivity index (χ0) is 14.7. The first kappa shape index (κ1) is 13.4. The van der Waals surface area contributed by atoms with Gasteiger partial charge >= 0.3 is 0 Å². The molecule has 3 aromatic rings. The number of aromatic nitrogens is 1. The summed E-state index contributed by atoms with van der Waals surface area (Å²) in [7, 11) is 0. The summed E-state index contributed by atoms with van der Waals surface area (Å²) in [5, 5.41) is 4.26. The third kappa shape index (κ3) is 3.12. The van der Waals surface area contributed by atoms with E-state index < -0.39 is 0 Å². The average Bonchev–Trinajstić information content (AvgIpc) is 2.98. The maximum Gasteiger partial charge on any atom is 0.248 e. The van der Waals surface area contributed by atoms with E-state index in [1.165, 1.54) is 6.08 Å². The van der Waals surface area contributed by atoms with Gasteiger partial charge in [-0.3, -0.25) is 9.78 Å². The van der Waals surface area contributed by atoms with E-state index >= 15 is 0 Å². The van der Waals surface area contributed by atoms with Gasteiger partial charge in [-0.15, -0.1) is 0 Å². The summed E-state index contributed by atoms with van der Waals surface area (Å²) in [4.78, 5) is 16.2. The minimum atomic E-state index is -0.242. The van der Waals surface area contributed by atoms with Gasteiger partial charge in [0.1, 0.15) is 5.76 Å². The van der Waals surface area contributed by atoms with Gasteiger partial charge in [0.05, 0.1) is 17.5 Å². The van der Waals surface area contributed by atoms with Crippen molar-refractivity contribution in [1.29, 1.82) is 0 Å². The lowest BCUT2D eigenvalue weighted by molar-refractivity contribution is -0.111. The fourth-order valence-electron chi connectivity index (χ4n) is 1.95. The van der Waals surface area contributed by atoms with E-state index in [2.05, 4.69) is 10.3 Å². The first-order valence-electron chi connectivity index (χ1n) is 6.29. The summed E-state index contributed by atoms with van der Waals surface area (Å²) in [6.07, 6.45) is 6.21. The van der Waals surface area contributed by atoms with Gasteiger partial charge in [-0.1, -0.05) is 11.6 Å². The molecule has 21 heavy (non-hydrogen) atoms. The number of halogens is 1. The van der Waals surface area contributed by atoms with Gasteiger partial charge < -0.3 is 9.73 Å². The molecule has 0 aliphatic rings. The first-order valence-corrected chi connectivity index (χ1v) is 6.67. The number of carbonyl (C=O) groups is 1. The number of nitrogens with zero attached hydrogens (tertiary/aromatic N) is 1. The molecule has 3 rings (SSSR count). The molecular formula is C16H11ClN2O2. The molecule has 1 amide bonds. The molecule has 1 N–H and O–H groups in total. The fourth-order valence-corrected chi connectivity index (χ4v) is 2.11. The number of benzene rings is 1. The lowest BCUT2D eigenvalue weighted by Crippen LogP contribution is -2.08. The van der Waals surface area contributed by atoms with Crippen molar-refractivity contribution in [3.05, 3.63) is 65.7 Å². The highest BCUT2D eigenvalue weighted by Crippen LogP contribution is 2.24. The fraction of sp³-hybridized carbons (Fsp3) is 0. The average molecular weight is 299 g/mol. The van der Waals surface area contributed by atoms with Crippen LogP contribution in [0.25, 0.3) is 17.0 Å². The number of furan rings is 1. The lowest BCUT2D eigenvalue weighted by atomic mass is 10.2. The van der Waals surface area contributed by atoms with Gasteiger partial charge in [-0.05, 0) is 42.5 Å². The second-order valence-corrected chi connectivity index (χ2v) is 4.79. The third-order valence-corrected chi connectivity index (χ3v) is 3.14. The van der Waals surface area contributed by atoms with Gasteiger partial charge in [0.25, 0.3) is 0 Å². The second kappa shape index (κ2) is 5.81. The number of hydrogen-bond donors (Lipinski definition) is 1. The van der Waals surface area contributed by atoms with Crippen molar-refractivity contribution in [2.24, 2.45) is 0 Å². The Morgan fingerprint density at radius 2 is 2.19 bits per heavy atom. The minimum absolute atomic E-state index is 0.242. The zero-order valence-corrected chi connectivity index (χ0v) is 11.7. The SMILES string of the molecule is O=C(/C=C/c1ccco1)Nc1ccnc2cc(Cl)ccc12. The normalized spacial score (nSPS) is 11.1. The Labute approximate surface area is 126 Å². The van der Waals surface area contributed by atoms with Gasteiger partial charge in [0.15, 0.2) is 0 Å². The summed E-state index contributed by atoms with van der Waals surface area (Å²) in [6, 6.07) is 10.6. The van der Waals surface area contributed by atoms with Crippen molar-refractivity contribution in [2.45, 2.75) is 0 Å². The van der Waals surface area contributed by atoms with E-state index in [4.69, 9.17) is 16.0 Å². The highest BCUT2D eigenvalue weighted by Gasteiger charge is 2.05. The molecule has 0 aliphatic heterocycles. The van der Waals surface area contributed by atoms with Crippen LogP contribution in [0.3, 0.4) is 0 Å². The second-order valence-electron chi connectivity index (χ2n) is 4.36. The van der Waals surface area contributed by atoms with Crippen LogP contribution < -0.4 is 5.32 Å². The Morgan fingerprint density at radius 3 is 3.00 bits per heavy atom. The van der Waals surface area contributed by atoms with E-state index in [0.717, 1.165) is 10.9 Å². The highest BCUT2D eigenvalue weighted by molar-refractivity contribution is 6.31. The molecule has 0 unspecified atom stereocenters. The quantitative estimate of drug-likeness (QED) is 0.740. The summed E-state index contributed by atoms with van der Waals surface area (Å²) in [6.45, 7) is 0. The number of pyridine rings is 1. The number of carbonyl (C=O) groups excluding carboxylic acids is 1. The summed E-state index contributed by atoms with van der Waals surface area (Å²) < 4.78 is 5.13. The number of amides is 1. The van der Waals surface area contributed by atoms with Crippen LogP contribution in [-0.4, -0.2) is 10.9 Å². The molecule has 0 saturated heterocycles. The largest absolute Gasteiger partial charge is 0.465 e. The van der Waals surface area contributed by atoms with Crippen LogP contribution in [-0.2, 0) is 4.79 Å². The van der Waals surface area contributed by atoms with Crippen molar-refractivity contribution in [3.63, 3.8) is 0 Å². The molecule has 5 heteroatoms. The Kier molecular flexibility index (Phi) is 3.71. The predicted molar refractivity (Wildman–Crippen MR) is 83.1 cm³/mol. The molecule has 2 heterocycles. The monoisotopic (exact) mass is 298 g/mol. The maximum absolute atomic E-state index is 11.9. The first-order chi connectivity index (χ1) is 10.2. The highest BCUT2D eigenvalue weighted by atomic mass is 35.5. The van der Waals surface area contributed by atoms with Crippen LogP contribution in [0, 0.1) is 0 Å². The molecule has 104 valence electrons. The van der Waals surface area contributed by atoms with Crippen molar-refractivity contribution in [1.82, 2.24) is 4.98 Å². The molecule has 1 aromatic carbocycles. The number of hydrogen-bond acceptors (Lipinski definition) is 3. The van der Waals surface area contributed by atoms with E-state index in [1.807, 2.05) is 6.07 Å². The van der Waals surface area contributed by atoms with Crippen LogP contribution in [0.5, 0.6) is 0 Å². The number of rotatable bonds is 3. The zero-order valence-electron chi connectivity index (χ0n) is 10.9. The minimum Gasteiger partial charge on any atom is -0.465 e. The van der Waals surface area contributed by atoms with Crippen LogP contribution in [0.15, 0.2) is 59.4 Å². The van der Waals surface area contributed by atoms with Gasteiger partial charge in [-0.2, -0.15) is 0 Å². The van der Waals surface area contributed by atoms with E-state index in [1.54, 1.807) is 48.9 Å².